The van der Waals surface area contributed by atoms with E-state index in [0.717, 1.165) is 28.9 Å². The molecule has 0 unspecified atom stereocenters. The van der Waals surface area contributed by atoms with Crippen molar-refractivity contribution < 1.29 is 23.8 Å². The third-order valence-electron chi connectivity index (χ3n) is 5.32. The summed E-state index contributed by atoms with van der Waals surface area (Å²) >= 11 is 0. The largest absolute Gasteiger partial charge is 0.492 e. The molecule has 1 aromatic carbocycles. The van der Waals surface area contributed by atoms with Crippen LogP contribution in [0.4, 0.5) is 0 Å². The lowest BCUT2D eigenvalue weighted by Gasteiger charge is -2.44. The van der Waals surface area contributed by atoms with Crippen molar-refractivity contribution in [1.29, 1.82) is 0 Å². The summed E-state index contributed by atoms with van der Waals surface area (Å²) in [6.07, 6.45) is 1.36. The highest BCUT2D eigenvalue weighted by atomic mass is 16.7. The van der Waals surface area contributed by atoms with Gasteiger partial charge in [0.15, 0.2) is 11.5 Å². The molecule has 1 N–H and O–H groups in total. The van der Waals surface area contributed by atoms with Crippen molar-refractivity contribution >= 4 is 0 Å². The maximum Gasteiger partial charge on any atom is 0.231 e. The zero-order chi connectivity index (χ0) is 16.8. The number of quaternary nitrogens is 1. The Bertz CT molecular complexity index is 597. The molecular weight excluding hydrogens is 294 g/mol. The quantitative estimate of drug-likeness (QED) is 0.865. The normalized spacial score (nSPS) is 22.8. The Labute approximate surface area is 138 Å². The number of nitrogens with zero attached hydrogens (tertiary/aromatic N) is 1. The first-order valence-electron chi connectivity index (χ1n) is 8.35. The first kappa shape index (κ1) is 16.4. The monoisotopic (exact) mass is 322 g/mol. The smallest absolute Gasteiger partial charge is 0.231 e. The third kappa shape index (κ3) is 2.76. The van der Waals surface area contributed by atoms with Crippen LogP contribution in [0.15, 0.2) is 6.07 Å². The van der Waals surface area contributed by atoms with Crippen LogP contribution in [0, 0.1) is 5.92 Å². The SMILES string of the molecule is COc1c2c(cc3c1[C@@H](C[C@H](O)C(C)C)[N+](C)(C)CC3)OCO2. The van der Waals surface area contributed by atoms with E-state index in [1.165, 1.54) is 11.1 Å². The van der Waals surface area contributed by atoms with E-state index in [0.29, 0.717) is 12.2 Å². The number of aliphatic hydroxyl groups is 1. The van der Waals surface area contributed by atoms with Crippen LogP contribution in [0.5, 0.6) is 17.2 Å². The fourth-order valence-corrected chi connectivity index (χ4v) is 3.67. The summed E-state index contributed by atoms with van der Waals surface area (Å²) in [6.45, 7) is 5.40. The molecule has 0 spiro atoms. The standard InChI is InChI=1S/C18H28NO4/c1-11(2)14(20)9-13-16-12(6-7-19(13,3)4)8-15-17(18(16)21-5)23-10-22-15/h8,11,13-14,20H,6-7,9-10H2,1-5H3/q+1/t13-,14+/m1/s1. The van der Waals surface area contributed by atoms with Crippen LogP contribution in [0.1, 0.15) is 37.4 Å². The number of likely N-dealkylation sites (N-methyl/N-ethyl adjacent to an activating group) is 1. The number of aliphatic hydroxyl groups excluding tert-OH is 1. The molecule has 5 nitrogen and oxygen atoms in total. The van der Waals surface area contributed by atoms with Gasteiger partial charge in [0.05, 0.1) is 39.4 Å². The molecule has 2 atom stereocenters. The Morgan fingerprint density at radius 1 is 1.35 bits per heavy atom. The van der Waals surface area contributed by atoms with Gasteiger partial charge in [0.2, 0.25) is 12.5 Å². The van der Waals surface area contributed by atoms with Crippen LogP contribution in [0.2, 0.25) is 0 Å². The Morgan fingerprint density at radius 2 is 2.09 bits per heavy atom. The minimum Gasteiger partial charge on any atom is -0.492 e. The van der Waals surface area contributed by atoms with Crippen LogP contribution in [0.25, 0.3) is 0 Å². The second-order valence-corrected chi connectivity index (χ2v) is 7.53. The minimum atomic E-state index is -0.335. The maximum absolute atomic E-state index is 10.5. The van der Waals surface area contributed by atoms with Crippen molar-refractivity contribution in [2.24, 2.45) is 5.92 Å². The highest BCUT2D eigenvalue weighted by Crippen LogP contribution is 2.51. The van der Waals surface area contributed by atoms with Crippen LogP contribution in [0.3, 0.4) is 0 Å². The summed E-state index contributed by atoms with van der Waals surface area (Å²) in [7, 11) is 6.14. The molecule has 3 rings (SSSR count). The van der Waals surface area contributed by atoms with Gasteiger partial charge < -0.3 is 23.8 Å². The van der Waals surface area contributed by atoms with E-state index < -0.39 is 0 Å². The van der Waals surface area contributed by atoms with Gasteiger partial charge in [-0.2, -0.15) is 0 Å². The minimum absolute atomic E-state index is 0.181. The van der Waals surface area contributed by atoms with Crippen LogP contribution >= 0.6 is 0 Å². The molecule has 5 heteroatoms. The van der Waals surface area contributed by atoms with Gasteiger partial charge in [0, 0.05) is 12.8 Å². The maximum atomic E-state index is 10.5. The molecular formula is C18H28NO4+. The zero-order valence-corrected chi connectivity index (χ0v) is 14.8. The number of rotatable bonds is 4. The van der Waals surface area contributed by atoms with Crippen molar-refractivity contribution in [3.8, 4) is 17.2 Å². The summed E-state index contributed by atoms with van der Waals surface area (Å²) in [5.74, 6) is 2.50. The summed E-state index contributed by atoms with van der Waals surface area (Å²) in [5, 5.41) is 10.5. The predicted molar refractivity (Wildman–Crippen MR) is 88.0 cm³/mol. The van der Waals surface area contributed by atoms with E-state index in [4.69, 9.17) is 14.2 Å². The number of benzene rings is 1. The summed E-state index contributed by atoms with van der Waals surface area (Å²) in [4.78, 5) is 0. The van der Waals surface area contributed by atoms with Gasteiger partial charge in [0.1, 0.15) is 6.04 Å². The molecule has 1 aromatic rings. The van der Waals surface area contributed by atoms with E-state index in [1.54, 1.807) is 7.11 Å². The van der Waals surface area contributed by atoms with Gasteiger partial charge in [-0.3, -0.25) is 0 Å². The summed E-state index contributed by atoms with van der Waals surface area (Å²) in [6, 6.07) is 2.27. The molecule has 0 saturated heterocycles. The van der Waals surface area contributed by atoms with Gasteiger partial charge in [-0.1, -0.05) is 13.8 Å². The summed E-state index contributed by atoms with van der Waals surface area (Å²) in [5.41, 5.74) is 2.43. The van der Waals surface area contributed by atoms with Crippen LogP contribution < -0.4 is 14.2 Å². The van der Waals surface area contributed by atoms with E-state index in [2.05, 4.69) is 34.0 Å². The van der Waals surface area contributed by atoms with Crippen LogP contribution in [-0.2, 0) is 6.42 Å². The Morgan fingerprint density at radius 3 is 2.74 bits per heavy atom. The summed E-state index contributed by atoms with van der Waals surface area (Å²) < 4.78 is 17.8. The number of methoxy groups -OCH3 is 1. The molecule has 23 heavy (non-hydrogen) atoms. The first-order valence-corrected chi connectivity index (χ1v) is 8.35. The average molecular weight is 322 g/mol. The van der Waals surface area contributed by atoms with Gasteiger partial charge in [-0.25, -0.2) is 0 Å². The van der Waals surface area contributed by atoms with Gasteiger partial charge in [0.25, 0.3) is 0 Å². The van der Waals surface area contributed by atoms with E-state index in [-0.39, 0.29) is 24.9 Å². The molecule has 0 radical (unpaired) electrons. The Balaban J connectivity index is 2.10. The topological polar surface area (TPSA) is 47.9 Å². The molecule has 0 fully saturated rings. The number of fused-ring (bicyclic) bond motifs is 2. The van der Waals surface area contributed by atoms with E-state index >= 15 is 0 Å². The van der Waals surface area contributed by atoms with Crippen molar-refractivity contribution in [3.05, 3.63) is 17.2 Å². The number of hydrogen-bond donors (Lipinski definition) is 1. The molecule has 2 aliphatic heterocycles. The highest BCUT2D eigenvalue weighted by molar-refractivity contribution is 5.61. The Kier molecular flexibility index (Phi) is 4.19. The molecule has 0 saturated carbocycles. The fraction of sp³-hybridized carbons (Fsp3) is 0.667. The molecule has 2 aliphatic rings. The second kappa shape index (κ2) is 5.87. The van der Waals surface area contributed by atoms with Crippen molar-refractivity contribution in [2.45, 2.75) is 38.8 Å². The lowest BCUT2D eigenvalue weighted by atomic mass is 9.85. The highest BCUT2D eigenvalue weighted by Gasteiger charge is 2.42. The van der Waals surface area contributed by atoms with Crippen LogP contribution in [-0.4, -0.2) is 50.2 Å². The van der Waals surface area contributed by atoms with E-state index in [1.807, 2.05) is 0 Å². The zero-order valence-electron chi connectivity index (χ0n) is 14.8. The molecule has 0 amide bonds. The number of ether oxygens (including phenoxy) is 3. The lowest BCUT2D eigenvalue weighted by molar-refractivity contribution is -0.924. The van der Waals surface area contributed by atoms with Crippen molar-refractivity contribution in [1.82, 2.24) is 0 Å². The Hall–Kier alpha value is -1.46. The van der Waals surface area contributed by atoms with E-state index in [9.17, 15) is 5.11 Å². The fourth-order valence-electron chi connectivity index (χ4n) is 3.67. The third-order valence-corrected chi connectivity index (χ3v) is 5.32. The molecule has 0 bridgehead atoms. The lowest BCUT2D eigenvalue weighted by Crippen LogP contribution is -2.49. The predicted octanol–water partition coefficient (Wildman–Crippen LogP) is 2.50. The molecule has 128 valence electrons. The van der Waals surface area contributed by atoms with Crippen molar-refractivity contribution in [3.63, 3.8) is 0 Å². The number of hydrogen-bond acceptors (Lipinski definition) is 4. The average Bonchev–Trinajstić information content (AvgIpc) is 2.95. The van der Waals surface area contributed by atoms with Gasteiger partial charge >= 0.3 is 0 Å². The molecule has 2 heterocycles. The van der Waals surface area contributed by atoms with Gasteiger partial charge in [-0.15, -0.1) is 0 Å². The molecule has 0 aliphatic carbocycles. The molecule has 0 aromatic heterocycles. The van der Waals surface area contributed by atoms with Gasteiger partial charge in [-0.05, 0) is 17.5 Å². The first-order chi connectivity index (χ1) is 10.8. The van der Waals surface area contributed by atoms with Crippen molar-refractivity contribution in [2.75, 3.05) is 34.5 Å². The second-order valence-electron chi connectivity index (χ2n) is 7.53.